The summed E-state index contributed by atoms with van der Waals surface area (Å²) >= 11 is 0. The van der Waals surface area contributed by atoms with E-state index in [1.807, 2.05) is 13.1 Å². The fraction of sp³-hybridized carbons (Fsp3) is 0.421. The predicted octanol–water partition coefficient (Wildman–Crippen LogP) is -1.23. The van der Waals surface area contributed by atoms with Crippen molar-refractivity contribution in [1.82, 2.24) is 41.7 Å². The summed E-state index contributed by atoms with van der Waals surface area (Å²) in [5.41, 5.74) is 9.16. The molecule has 0 aromatic carbocycles. The highest BCUT2D eigenvalue weighted by Gasteiger charge is 2.24. The van der Waals surface area contributed by atoms with Gasteiger partial charge in [-0.2, -0.15) is 5.10 Å². The number of aryl methyl sites for hydroxylation is 1. The van der Waals surface area contributed by atoms with Gasteiger partial charge >= 0.3 is 0 Å². The molecule has 2 aromatic heterocycles. The SMILES string of the molecule is Cc1[nH]nc(-c2nc3c([nH]2)=CC2=CNNC2C=3)c1C(=O)NCC1CCNCC1. The molecule has 0 spiro atoms. The lowest BCUT2D eigenvalue weighted by molar-refractivity contribution is 0.0944. The van der Waals surface area contributed by atoms with Gasteiger partial charge in [-0.1, -0.05) is 0 Å². The number of nitrogens with zero attached hydrogens (tertiary/aromatic N) is 2. The molecule has 1 aliphatic carbocycles. The van der Waals surface area contributed by atoms with Crippen LogP contribution in [0.25, 0.3) is 23.7 Å². The van der Waals surface area contributed by atoms with Crippen molar-refractivity contribution in [3.8, 4) is 11.5 Å². The van der Waals surface area contributed by atoms with Crippen LogP contribution >= 0.6 is 0 Å². The molecule has 4 heterocycles. The Morgan fingerprint density at radius 3 is 3.04 bits per heavy atom. The van der Waals surface area contributed by atoms with Gasteiger partial charge in [0.05, 0.1) is 22.3 Å². The van der Waals surface area contributed by atoms with Crippen molar-refractivity contribution in [2.45, 2.75) is 25.8 Å². The predicted molar refractivity (Wildman–Crippen MR) is 105 cm³/mol. The third kappa shape index (κ3) is 3.02. The van der Waals surface area contributed by atoms with E-state index in [2.05, 4.69) is 53.8 Å². The molecule has 1 unspecified atom stereocenters. The minimum atomic E-state index is -0.104. The third-order valence-electron chi connectivity index (χ3n) is 5.64. The number of amides is 1. The Balaban J connectivity index is 1.42. The number of rotatable bonds is 4. The summed E-state index contributed by atoms with van der Waals surface area (Å²) in [6.45, 7) is 4.59. The van der Waals surface area contributed by atoms with Crippen LogP contribution in [0.2, 0.25) is 0 Å². The van der Waals surface area contributed by atoms with E-state index in [0.717, 1.165) is 47.9 Å². The molecule has 0 radical (unpaired) electrons. The minimum Gasteiger partial charge on any atom is -0.352 e. The lowest BCUT2D eigenvalue weighted by atomic mass is 9.98. The summed E-state index contributed by atoms with van der Waals surface area (Å²) in [5, 5.41) is 15.5. The van der Waals surface area contributed by atoms with Gasteiger partial charge in [0.1, 0.15) is 5.69 Å². The fourth-order valence-electron chi connectivity index (χ4n) is 4.02. The van der Waals surface area contributed by atoms with Gasteiger partial charge in [0.2, 0.25) is 0 Å². The maximum Gasteiger partial charge on any atom is 0.255 e. The van der Waals surface area contributed by atoms with Gasteiger partial charge in [0.15, 0.2) is 5.82 Å². The lowest BCUT2D eigenvalue weighted by Crippen LogP contribution is -2.37. The fourth-order valence-corrected chi connectivity index (χ4v) is 4.02. The molecule has 28 heavy (non-hydrogen) atoms. The van der Waals surface area contributed by atoms with Gasteiger partial charge in [-0.05, 0) is 56.5 Å². The van der Waals surface area contributed by atoms with Crippen molar-refractivity contribution in [1.29, 1.82) is 0 Å². The molecule has 9 nitrogen and oxygen atoms in total. The number of carbonyl (C=O) groups is 1. The van der Waals surface area contributed by atoms with Gasteiger partial charge < -0.3 is 21.0 Å². The summed E-state index contributed by atoms with van der Waals surface area (Å²) in [6.07, 6.45) is 8.22. The van der Waals surface area contributed by atoms with E-state index in [-0.39, 0.29) is 11.9 Å². The van der Waals surface area contributed by atoms with Crippen molar-refractivity contribution in [3.05, 3.63) is 33.7 Å². The van der Waals surface area contributed by atoms with Crippen molar-refractivity contribution in [3.63, 3.8) is 0 Å². The highest BCUT2D eigenvalue weighted by atomic mass is 16.1. The van der Waals surface area contributed by atoms with Crippen LogP contribution in [0.5, 0.6) is 0 Å². The van der Waals surface area contributed by atoms with Gasteiger partial charge in [-0.3, -0.25) is 9.89 Å². The largest absolute Gasteiger partial charge is 0.352 e. The van der Waals surface area contributed by atoms with Crippen LogP contribution < -0.4 is 32.2 Å². The Bertz CT molecular complexity index is 1060. The topological polar surface area (TPSA) is 123 Å². The molecule has 1 amide bonds. The number of fused-ring (bicyclic) bond motifs is 2. The van der Waals surface area contributed by atoms with Gasteiger partial charge in [0, 0.05) is 18.4 Å². The zero-order valence-corrected chi connectivity index (χ0v) is 15.7. The van der Waals surface area contributed by atoms with Crippen LogP contribution in [0, 0.1) is 12.8 Å². The van der Waals surface area contributed by atoms with E-state index in [1.54, 1.807) is 0 Å². The zero-order chi connectivity index (χ0) is 19.1. The second-order valence-electron chi connectivity index (χ2n) is 7.58. The van der Waals surface area contributed by atoms with Crippen LogP contribution in [-0.2, 0) is 0 Å². The summed E-state index contributed by atoms with van der Waals surface area (Å²) < 4.78 is 0. The Morgan fingerprint density at radius 1 is 1.32 bits per heavy atom. The Labute approximate surface area is 161 Å². The molecular formula is C19H24N8O. The average molecular weight is 380 g/mol. The first-order valence-corrected chi connectivity index (χ1v) is 9.74. The standard InChI is InChI=1S/C19H24N8O/c1-10-16(19(28)21-8-11-2-4-20-5-3-11)17(27-25-10)18-23-14-6-12-9-22-26-13(12)7-15(14)24-18/h6-7,9,11,13,20,22,26H,2-5,8H2,1H3,(H,21,28)(H,23,24)(H,25,27). The van der Waals surface area contributed by atoms with Crippen LogP contribution in [0.1, 0.15) is 28.9 Å². The third-order valence-corrected chi connectivity index (χ3v) is 5.64. The molecule has 0 saturated carbocycles. The smallest absolute Gasteiger partial charge is 0.255 e. The first-order chi connectivity index (χ1) is 13.7. The normalized spacial score (nSPS) is 21.0. The van der Waals surface area contributed by atoms with Crippen LogP contribution in [0.3, 0.4) is 0 Å². The lowest BCUT2D eigenvalue weighted by Gasteiger charge is -2.22. The Kier molecular flexibility index (Phi) is 4.25. The zero-order valence-electron chi connectivity index (χ0n) is 15.7. The number of hydrogen-bond donors (Lipinski definition) is 6. The first-order valence-electron chi connectivity index (χ1n) is 9.74. The number of H-pyrrole nitrogens is 2. The van der Waals surface area contributed by atoms with Crippen molar-refractivity contribution >= 4 is 18.1 Å². The maximum absolute atomic E-state index is 12.9. The molecule has 2 aliphatic heterocycles. The van der Waals surface area contributed by atoms with Gasteiger partial charge in [0.25, 0.3) is 5.91 Å². The number of piperidine rings is 1. The molecule has 2 aromatic rings. The molecule has 1 atom stereocenters. The number of carbonyl (C=O) groups excluding carboxylic acids is 1. The molecule has 3 aliphatic rings. The molecule has 1 fully saturated rings. The second kappa shape index (κ2) is 6.92. The van der Waals surface area contributed by atoms with Crippen molar-refractivity contribution in [2.24, 2.45) is 5.92 Å². The number of hydrogen-bond acceptors (Lipinski definition) is 6. The van der Waals surface area contributed by atoms with Crippen molar-refractivity contribution in [2.75, 3.05) is 19.6 Å². The number of hydrazine groups is 1. The molecular weight excluding hydrogens is 356 g/mol. The Hall–Kier alpha value is -2.91. The molecule has 9 heteroatoms. The second-order valence-corrected chi connectivity index (χ2v) is 7.58. The average Bonchev–Trinajstić information content (AvgIpc) is 3.42. The molecule has 5 rings (SSSR count). The number of nitrogens with one attached hydrogen (secondary N) is 6. The summed E-state index contributed by atoms with van der Waals surface area (Å²) in [4.78, 5) is 20.9. The highest BCUT2D eigenvalue weighted by molar-refractivity contribution is 6.00. The van der Waals surface area contributed by atoms with E-state index >= 15 is 0 Å². The summed E-state index contributed by atoms with van der Waals surface area (Å²) in [6, 6.07) is 0.109. The number of aromatic nitrogens is 4. The molecule has 146 valence electrons. The van der Waals surface area contributed by atoms with Crippen LogP contribution in [0.4, 0.5) is 0 Å². The monoisotopic (exact) mass is 380 g/mol. The number of imidazole rings is 1. The summed E-state index contributed by atoms with van der Waals surface area (Å²) in [7, 11) is 0. The van der Waals surface area contributed by atoms with E-state index < -0.39 is 0 Å². The van der Waals surface area contributed by atoms with E-state index in [1.165, 1.54) is 0 Å². The van der Waals surface area contributed by atoms with Crippen LogP contribution in [-0.4, -0.2) is 51.7 Å². The highest BCUT2D eigenvalue weighted by Crippen LogP contribution is 2.20. The first kappa shape index (κ1) is 17.2. The summed E-state index contributed by atoms with van der Waals surface area (Å²) in [5.74, 6) is 1.02. The Morgan fingerprint density at radius 2 is 2.18 bits per heavy atom. The number of aromatic amines is 2. The maximum atomic E-state index is 12.9. The minimum absolute atomic E-state index is 0.104. The van der Waals surface area contributed by atoms with E-state index in [0.29, 0.717) is 29.5 Å². The molecule has 0 bridgehead atoms. The van der Waals surface area contributed by atoms with Gasteiger partial charge in [-0.25, -0.2) is 10.4 Å². The molecule has 6 N–H and O–H groups in total. The van der Waals surface area contributed by atoms with Gasteiger partial charge in [-0.15, -0.1) is 0 Å². The van der Waals surface area contributed by atoms with Crippen LogP contribution in [0.15, 0.2) is 11.8 Å². The van der Waals surface area contributed by atoms with E-state index in [9.17, 15) is 4.79 Å². The van der Waals surface area contributed by atoms with E-state index in [4.69, 9.17) is 0 Å². The van der Waals surface area contributed by atoms with Crippen molar-refractivity contribution < 1.29 is 4.79 Å². The quantitative estimate of drug-likeness (QED) is 0.395. The molecule has 1 saturated heterocycles.